The first-order chi connectivity index (χ1) is 19.3. The summed E-state index contributed by atoms with van der Waals surface area (Å²) in [4.78, 5) is 47.6. The van der Waals surface area contributed by atoms with E-state index in [0.29, 0.717) is 28.3 Å². The van der Waals surface area contributed by atoms with Gasteiger partial charge in [0.1, 0.15) is 11.5 Å². The van der Waals surface area contributed by atoms with Crippen LogP contribution in [0.5, 0.6) is 0 Å². The number of rotatable bonds is 6. The number of piperidine rings is 1. The number of fused-ring (bicyclic) bond motifs is 1. The molecule has 1 aromatic carbocycles. The van der Waals surface area contributed by atoms with Crippen LogP contribution in [0.25, 0.3) is 5.65 Å². The first-order valence-electron chi connectivity index (χ1n) is 13.8. The number of nitrogens with two attached hydrogens (primary N) is 1. The maximum absolute atomic E-state index is 13.5. The fourth-order valence-electron chi connectivity index (χ4n) is 5.39. The second-order valence-corrected chi connectivity index (χ2v) is 14.0. The van der Waals surface area contributed by atoms with Gasteiger partial charge in [-0.15, -0.1) is 0 Å². The van der Waals surface area contributed by atoms with Crippen molar-refractivity contribution in [3.8, 4) is 0 Å². The minimum Gasteiger partial charge on any atom is -0.378 e. The van der Waals surface area contributed by atoms with E-state index >= 15 is 0 Å². The lowest BCUT2D eigenvalue weighted by atomic mass is 9.83. The van der Waals surface area contributed by atoms with Crippen molar-refractivity contribution < 1.29 is 18.0 Å². The number of benzene rings is 1. The van der Waals surface area contributed by atoms with Crippen molar-refractivity contribution in [3.63, 3.8) is 0 Å². The SMILES string of the molecule is CC(Nc1ccccc1C(N)=O)c1cc(C(=O)N2CCS(=O)(=O)CC2)cn2c(=O)cc(N3CCC(C)(C)CC3)nc12. The van der Waals surface area contributed by atoms with Crippen molar-refractivity contribution in [2.24, 2.45) is 11.1 Å². The zero-order chi connectivity index (χ0) is 29.5. The monoisotopic (exact) mass is 580 g/mol. The third kappa shape index (κ3) is 6.07. The van der Waals surface area contributed by atoms with Crippen LogP contribution in [0, 0.1) is 5.41 Å². The summed E-state index contributed by atoms with van der Waals surface area (Å²) in [6, 6.07) is 9.57. The predicted molar refractivity (Wildman–Crippen MR) is 158 cm³/mol. The van der Waals surface area contributed by atoms with E-state index in [1.807, 2.05) is 6.92 Å². The number of carbonyl (C=O) groups is 2. The summed E-state index contributed by atoms with van der Waals surface area (Å²) >= 11 is 0. The van der Waals surface area contributed by atoms with E-state index in [0.717, 1.165) is 25.9 Å². The van der Waals surface area contributed by atoms with Crippen LogP contribution in [0.1, 0.15) is 65.9 Å². The Morgan fingerprint density at radius 2 is 1.71 bits per heavy atom. The highest BCUT2D eigenvalue weighted by Crippen LogP contribution is 2.32. The Kier molecular flexibility index (Phi) is 7.54. The number of para-hydroxylation sites is 1. The summed E-state index contributed by atoms with van der Waals surface area (Å²) < 4.78 is 25.2. The van der Waals surface area contributed by atoms with Gasteiger partial charge in [0.25, 0.3) is 17.4 Å². The summed E-state index contributed by atoms with van der Waals surface area (Å²) in [6.45, 7) is 8.06. The third-order valence-electron chi connectivity index (χ3n) is 8.13. The lowest BCUT2D eigenvalue weighted by Crippen LogP contribution is -2.44. The molecule has 2 fully saturated rings. The van der Waals surface area contributed by atoms with Crippen LogP contribution < -0.4 is 21.5 Å². The normalized spacial score (nSPS) is 19.1. The van der Waals surface area contributed by atoms with Gasteiger partial charge < -0.3 is 20.9 Å². The van der Waals surface area contributed by atoms with Gasteiger partial charge in [0.15, 0.2) is 9.84 Å². The standard InChI is InChI=1S/C29H36N6O5S/c1-19(31-23-7-5-4-6-21(23)26(30)37)22-16-20(28(38)34-12-14-41(39,40)15-13-34)18-35-25(36)17-24(32-27(22)35)33-10-8-29(2,3)9-11-33/h4-7,16-19,31H,8-15H2,1-3H3,(H2,30,37). The zero-order valence-corrected chi connectivity index (χ0v) is 24.4. The van der Waals surface area contributed by atoms with Crippen LogP contribution in [-0.2, 0) is 9.84 Å². The molecule has 0 aliphatic carbocycles. The number of hydrogen-bond donors (Lipinski definition) is 2. The predicted octanol–water partition coefficient (Wildman–Crippen LogP) is 2.46. The largest absolute Gasteiger partial charge is 0.378 e. The molecular formula is C29H36N6O5S. The molecule has 41 heavy (non-hydrogen) atoms. The molecule has 2 aliphatic heterocycles. The van der Waals surface area contributed by atoms with Crippen LogP contribution in [0.4, 0.5) is 11.5 Å². The van der Waals surface area contributed by atoms with Gasteiger partial charge in [-0.25, -0.2) is 13.4 Å². The molecule has 3 aromatic rings. The number of primary amides is 1. The fourth-order valence-corrected chi connectivity index (χ4v) is 6.59. The Balaban J connectivity index is 1.59. The van der Waals surface area contributed by atoms with Crippen molar-refractivity contribution in [2.45, 2.75) is 39.7 Å². The minimum atomic E-state index is -3.17. The molecule has 3 N–H and O–H groups in total. The van der Waals surface area contributed by atoms with E-state index in [4.69, 9.17) is 10.7 Å². The van der Waals surface area contributed by atoms with Crippen molar-refractivity contribution >= 4 is 38.8 Å². The first kappa shape index (κ1) is 28.6. The smallest absolute Gasteiger partial charge is 0.259 e. The van der Waals surface area contributed by atoms with Crippen molar-refractivity contribution in [1.29, 1.82) is 0 Å². The number of amides is 2. The van der Waals surface area contributed by atoms with E-state index in [1.54, 1.807) is 30.3 Å². The van der Waals surface area contributed by atoms with Crippen LogP contribution in [-0.4, -0.2) is 72.2 Å². The Hall–Kier alpha value is -3.93. The molecule has 1 unspecified atom stereocenters. The van der Waals surface area contributed by atoms with Gasteiger partial charge in [-0.3, -0.25) is 18.8 Å². The van der Waals surface area contributed by atoms with E-state index < -0.39 is 21.8 Å². The van der Waals surface area contributed by atoms with Crippen molar-refractivity contribution in [1.82, 2.24) is 14.3 Å². The molecule has 1 atom stereocenters. The topological polar surface area (TPSA) is 147 Å². The highest BCUT2D eigenvalue weighted by atomic mass is 32.2. The number of pyridine rings is 1. The number of hydrogen-bond acceptors (Lipinski definition) is 8. The van der Waals surface area contributed by atoms with Gasteiger partial charge in [-0.1, -0.05) is 26.0 Å². The molecule has 11 nitrogen and oxygen atoms in total. The number of nitrogens with one attached hydrogen (secondary N) is 1. The molecule has 218 valence electrons. The molecule has 4 heterocycles. The average Bonchev–Trinajstić information content (AvgIpc) is 2.92. The van der Waals surface area contributed by atoms with E-state index in [-0.39, 0.29) is 47.0 Å². The lowest BCUT2D eigenvalue weighted by Gasteiger charge is -2.37. The summed E-state index contributed by atoms with van der Waals surface area (Å²) in [7, 11) is -3.17. The van der Waals surface area contributed by atoms with Crippen LogP contribution in [0.3, 0.4) is 0 Å². The maximum Gasteiger partial charge on any atom is 0.259 e. The van der Waals surface area contributed by atoms with E-state index in [9.17, 15) is 22.8 Å². The second-order valence-electron chi connectivity index (χ2n) is 11.7. The van der Waals surface area contributed by atoms with Crippen LogP contribution >= 0.6 is 0 Å². The number of aromatic nitrogens is 2. The number of anilines is 2. The summed E-state index contributed by atoms with van der Waals surface area (Å²) in [6.07, 6.45) is 3.43. The van der Waals surface area contributed by atoms with Gasteiger partial charge in [0.05, 0.1) is 28.7 Å². The Labute approximate surface area is 239 Å². The van der Waals surface area contributed by atoms with Gasteiger partial charge in [-0.2, -0.15) is 0 Å². The molecule has 2 aromatic heterocycles. The molecule has 0 saturated carbocycles. The molecule has 0 radical (unpaired) electrons. The molecule has 5 rings (SSSR count). The quantitative estimate of drug-likeness (QED) is 0.452. The summed E-state index contributed by atoms with van der Waals surface area (Å²) in [5.74, 6) is -0.561. The van der Waals surface area contributed by atoms with E-state index in [1.165, 1.54) is 21.6 Å². The molecular weight excluding hydrogens is 544 g/mol. The first-order valence-corrected chi connectivity index (χ1v) is 15.6. The number of sulfone groups is 1. The minimum absolute atomic E-state index is 0.0890. The fraction of sp³-hybridized carbons (Fsp3) is 0.448. The van der Waals surface area contributed by atoms with Gasteiger partial charge in [0.2, 0.25) is 0 Å². The summed E-state index contributed by atoms with van der Waals surface area (Å²) in [5, 5.41) is 3.31. The van der Waals surface area contributed by atoms with Gasteiger partial charge in [-0.05, 0) is 43.4 Å². The molecule has 0 bridgehead atoms. The Bertz CT molecular complexity index is 1660. The van der Waals surface area contributed by atoms with Crippen LogP contribution in [0.15, 0.2) is 47.4 Å². The molecule has 0 spiro atoms. The Morgan fingerprint density at radius 3 is 2.37 bits per heavy atom. The van der Waals surface area contributed by atoms with Gasteiger partial charge in [0, 0.05) is 49.7 Å². The van der Waals surface area contributed by atoms with Gasteiger partial charge >= 0.3 is 0 Å². The average molecular weight is 581 g/mol. The zero-order valence-electron chi connectivity index (χ0n) is 23.6. The van der Waals surface area contributed by atoms with E-state index in [2.05, 4.69) is 24.1 Å². The van der Waals surface area contributed by atoms with Crippen LogP contribution in [0.2, 0.25) is 0 Å². The third-order valence-corrected chi connectivity index (χ3v) is 9.74. The van der Waals surface area contributed by atoms with Crippen molar-refractivity contribution in [2.75, 3.05) is 47.9 Å². The number of nitrogens with zero attached hydrogens (tertiary/aromatic N) is 4. The highest BCUT2D eigenvalue weighted by molar-refractivity contribution is 7.91. The molecule has 2 amide bonds. The summed E-state index contributed by atoms with van der Waals surface area (Å²) in [5.41, 5.74) is 7.54. The lowest BCUT2D eigenvalue weighted by molar-refractivity contribution is 0.0769. The maximum atomic E-state index is 13.5. The van der Waals surface area contributed by atoms with Crippen molar-refractivity contribution in [3.05, 3.63) is 69.6 Å². The number of carbonyl (C=O) groups excluding carboxylic acids is 2. The molecule has 12 heteroatoms. The molecule has 2 aliphatic rings. The second kappa shape index (κ2) is 10.8. The Morgan fingerprint density at radius 1 is 1.05 bits per heavy atom. The highest BCUT2D eigenvalue weighted by Gasteiger charge is 2.29. The molecule has 2 saturated heterocycles.